The SMILES string of the molecule is CC1CCC(C(O)c2ccc(Cl)nc2)CC1. The van der Waals surface area contributed by atoms with E-state index in [-0.39, 0.29) is 6.10 Å². The van der Waals surface area contributed by atoms with E-state index < -0.39 is 0 Å². The number of aliphatic hydroxyl groups is 1. The predicted octanol–water partition coefficient (Wildman–Crippen LogP) is 3.59. The Bertz CT molecular complexity index is 330. The van der Waals surface area contributed by atoms with Crippen LogP contribution in [-0.4, -0.2) is 10.1 Å². The van der Waals surface area contributed by atoms with Crippen molar-refractivity contribution in [3.63, 3.8) is 0 Å². The van der Waals surface area contributed by atoms with Crippen LogP contribution in [0.5, 0.6) is 0 Å². The number of aromatic nitrogens is 1. The molecule has 0 radical (unpaired) electrons. The molecular formula is C13H18ClNO. The molecule has 16 heavy (non-hydrogen) atoms. The second kappa shape index (κ2) is 5.15. The van der Waals surface area contributed by atoms with Gasteiger partial charge in [-0.3, -0.25) is 0 Å². The van der Waals surface area contributed by atoms with Gasteiger partial charge in [-0.2, -0.15) is 0 Å². The van der Waals surface area contributed by atoms with Crippen molar-refractivity contribution >= 4 is 11.6 Å². The van der Waals surface area contributed by atoms with Gasteiger partial charge in [0.15, 0.2) is 0 Å². The normalized spacial score (nSPS) is 27.7. The predicted molar refractivity (Wildman–Crippen MR) is 65.3 cm³/mol. The second-order valence-corrected chi connectivity index (χ2v) is 5.27. The molecule has 1 atom stereocenters. The van der Waals surface area contributed by atoms with Crippen molar-refractivity contribution in [3.05, 3.63) is 29.0 Å². The topological polar surface area (TPSA) is 33.1 Å². The van der Waals surface area contributed by atoms with E-state index in [0.29, 0.717) is 11.1 Å². The molecule has 1 fully saturated rings. The van der Waals surface area contributed by atoms with E-state index in [9.17, 15) is 5.11 Å². The van der Waals surface area contributed by atoms with Crippen LogP contribution >= 0.6 is 11.6 Å². The highest BCUT2D eigenvalue weighted by Crippen LogP contribution is 2.36. The van der Waals surface area contributed by atoms with Gasteiger partial charge in [-0.1, -0.05) is 37.4 Å². The van der Waals surface area contributed by atoms with Gasteiger partial charge in [0.1, 0.15) is 5.15 Å². The number of halogens is 1. The van der Waals surface area contributed by atoms with Gasteiger partial charge in [0.2, 0.25) is 0 Å². The molecule has 1 heterocycles. The zero-order valence-corrected chi connectivity index (χ0v) is 10.3. The van der Waals surface area contributed by atoms with Gasteiger partial charge in [-0.05, 0) is 36.3 Å². The van der Waals surface area contributed by atoms with Crippen LogP contribution < -0.4 is 0 Å². The summed E-state index contributed by atoms with van der Waals surface area (Å²) in [6.07, 6.45) is 5.99. The molecule has 0 aromatic carbocycles. The fraction of sp³-hybridized carbons (Fsp3) is 0.615. The van der Waals surface area contributed by atoms with E-state index in [1.807, 2.05) is 6.07 Å². The largest absolute Gasteiger partial charge is 0.388 e. The summed E-state index contributed by atoms with van der Waals surface area (Å²) in [5.74, 6) is 1.20. The van der Waals surface area contributed by atoms with Crippen LogP contribution in [0.3, 0.4) is 0 Å². The van der Waals surface area contributed by atoms with Crippen LogP contribution in [0.2, 0.25) is 5.15 Å². The molecule has 0 amide bonds. The van der Waals surface area contributed by atoms with Gasteiger partial charge in [-0.25, -0.2) is 4.98 Å². The molecule has 0 bridgehead atoms. The first-order valence-corrected chi connectivity index (χ1v) is 6.34. The van der Waals surface area contributed by atoms with Gasteiger partial charge in [-0.15, -0.1) is 0 Å². The molecule has 3 heteroatoms. The Hall–Kier alpha value is -0.600. The summed E-state index contributed by atoms with van der Waals surface area (Å²) in [4.78, 5) is 4.02. The number of aliphatic hydroxyl groups excluding tert-OH is 1. The van der Waals surface area contributed by atoms with Gasteiger partial charge in [0.05, 0.1) is 6.10 Å². The van der Waals surface area contributed by atoms with Crippen molar-refractivity contribution in [3.8, 4) is 0 Å². The Morgan fingerprint density at radius 2 is 2.00 bits per heavy atom. The lowest BCUT2D eigenvalue weighted by Gasteiger charge is -2.29. The number of hydrogen-bond donors (Lipinski definition) is 1. The molecule has 0 spiro atoms. The third kappa shape index (κ3) is 2.74. The van der Waals surface area contributed by atoms with Crippen molar-refractivity contribution in [1.29, 1.82) is 0 Å². The van der Waals surface area contributed by atoms with Gasteiger partial charge < -0.3 is 5.11 Å². The quantitative estimate of drug-likeness (QED) is 0.800. The Morgan fingerprint density at radius 1 is 1.31 bits per heavy atom. The maximum absolute atomic E-state index is 10.2. The summed E-state index contributed by atoms with van der Waals surface area (Å²) in [7, 11) is 0. The number of hydrogen-bond acceptors (Lipinski definition) is 2. The Balaban J connectivity index is 2.01. The third-order valence-corrected chi connectivity index (χ3v) is 3.82. The highest BCUT2D eigenvalue weighted by atomic mass is 35.5. The lowest BCUT2D eigenvalue weighted by molar-refractivity contribution is 0.0753. The minimum absolute atomic E-state index is 0.378. The summed E-state index contributed by atoms with van der Waals surface area (Å²) < 4.78 is 0. The molecule has 1 unspecified atom stereocenters. The van der Waals surface area contributed by atoms with E-state index in [1.54, 1.807) is 12.3 Å². The van der Waals surface area contributed by atoms with Gasteiger partial charge in [0.25, 0.3) is 0 Å². The standard InChI is InChI=1S/C13H18ClNO/c1-9-2-4-10(5-3-9)13(16)11-6-7-12(14)15-8-11/h6-10,13,16H,2-5H2,1H3. The van der Waals surface area contributed by atoms with Crippen LogP contribution in [0.25, 0.3) is 0 Å². The Labute approximate surface area is 102 Å². The minimum Gasteiger partial charge on any atom is -0.388 e. The summed E-state index contributed by atoms with van der Waals surface area (Å²) in [5, 5.41) is 10.7. The summed E-state index contributed by atoms with van der Waals surface area (Å²) in [6.45, 7) is 2.28. The second-order valence-electron chi connectivity index (χ2n) is 4.88. The van der Waals surface area contributed by atoms with Crippen LogP contribution in [0.1, 0.15) is 44.3 Å². The van der Waals surface area contributed by atoms with Crippen molar-refractivity contribution in [2.24, 2.45) is 11.8 Å². The summed E-state index contributed by atoms with van der Waals surface area (Å²) >= 11 is 5.73. The van der Waals surface area contributed by atoms with E-state index in [1.165, 1.54) is 12.8 Å². The van der Waals surface area contributed by atoms with Crippen LogP contribution in [0, 0.1) is 11.8 Å². The van der Waals surface area contributed by atoms with Crippen LogP contribution in [-0.2, 0) is 0 Å². The lowest BCUT2D eigenvalue weighted by atomic mass is 9.79. The zero-order valence-electron chi connectivity index (χ0n) is 9.56. The molecule has 1 aromatic rings. The van der Waals surface area contributed by atoms with Crippen molar-refractivity contribution in [2.75, 3.05) is 0 Å². The Kier molecular flexibility index (Phi) is 3.82. The minimum atomic E-state index is -0.378. The molecule has 0 saturated heterocycles. The van der Waals surface area contributed by atoms with Gasteiger partial charge in [0, 0.05) is 6.20 Å². The van der Waals surface area contributed by atoms with Crippen molar-refractivity contribution in [1.82, 2.24) is 4.98 Å². The molecule has 0 aliphatic heterocycles. The van der Waals surface area contributed by atoms with E-state index in [4.69, 9.17) is 11.6 Å². The molecule has 1 N–H and O–H groups in total. The number of rotatable bonds is 2. The fourth-order valence-electron chi connectivity index (χ4n) is 2.44. The molecule has 1 saturated carbocycles. The van der Waals surface area contributed by atoms with Gasteiger partial charge >= 0.3 is 0 Å². The smallest absolute Gasteiger partial charge is 0.129 e. The average Bonchev–Trinajstić information content (AvgIpc) is 2.30. The monoisotopic (exact) mass is 239 g/mol. The lowest BCUT2D eigenvalue weighted by Crippen LogP contribution is -2.19. The van der Waals surface area contributed by atoms with E-state index in [2.05, 4.69) is 11.9 Å². The first-order chi connectivity index (χ1) is 7.66. The van der Waals surface area contributed by atoms with E-state index in [0.717, 1.165) is 24.3 Å². The molecule has 2 rings (SSSR count). The number of nitrogens with zero attached hydrogens (tertiary/aromatic N) is 1. The Morgan fingerprint density at radius 3 is 2.56 bits per heavy atom. The van der Waals surface area contributed by atoms with Crippen molar-refractivity contribution < 1.29 is 5.11 Å². The third-order valence-electron chi connectivity index (χ3n) is 3.60. The molecule has 1 aliphatic carbocycles. The highest BCUT2D eigenvalue weighted by Gasteiger charge is 2.25. The molecule has 2 nitrogen and oxygen atoms in total. The molecule has 1 aromatic heterocycles. The average molecular weight is 240 g/mol. The van der Waals surface area contributed by atoms with E-state index >= 15 is 0 Å². The first-order valence-electron chi connectivity index (χ1n) is 5.96. The molecule has 88 valence electrons. The summed E-state index contributed by atoms with van der Waals surface area (Å²) in [6, 6.07) is 3.61. The van der Waals surface area contributed by atoms with Crippen molar-refractivity contribution in [2.45, 2.75) is 38.7 Å². The maximum atomic E-state index is 10.2. The number of pyridine rings is 1. The first kappa shape index (κ1) is 11.9. The van der Waals surface area contributed by atoms with Crippen LogP contribution in [0.4, 0.5) is 0 Å². The molecule has 1 aliphatic rings. The maximum Gasteiger partial charge on any atom is 0.129 e. The zero-order chi connectivity index (χ0) is 11.5. The fourth-order valence-corrected chi connectivity index (χ4v) is 2.55. The summed E-state index contributed by atoms with van der Waals surface area (Å²) in [5.41, 5.74) is 0.893. The highest BCUT2D eigenvalue weighted by molar-refractivity contribution is 6.29. The molecular weight excluding hydrogens is 222 g/mol. The van der Waals surface area contributed by atoms with Crippen LogP contribution in [0.15, 0.2) is 18.3 Å².